The molecule has 1 aliphatic rings. The molecule has 0 radical (unpaired) electrons. The zero-order valence-corrected chi connectivity index (χ0v) is 16.0. The summed E-state index contributed by atoms with van der Waals surface area (Å²) in [5.74, 6) is 1.28. The van der Waals surface area contributed by atoms with Crippen LogP contribution in [0.1, 0.15) is 12.8 Å². The molecule has 130 valence electrons. The normalized spacial score (nSPS) is 15.8. The summed E-state index contributed by atoms with van der Waals surface area (Å²) < 4.78 is 10.4. The van der Waals surface area contributed by atoms with Gasteiger partial charge >= 0.3 is 0 Å². The molecular formula is C16H27IN4O2. The number of guanidine groups is 1. The molecule has 2 rings (SSSR count). The number of ether oxygens (including phenoxy) is 2. The summed E-state index contributed by atoms with van der Waals surface area (Å²) in [5.41, 5.74) is 6.79. The van der Waals surface area contributed by atoms with Crippen LogP contribution in [0.2, 0.25) is 0 Å². The second-order valence-electron chi connectivity index (χ2n) is 5.28. The quantitative estimate of drug-likeness (QED) is 0.298. The highest BCUT2D eigenvalue weighted by molar-refractivity contribution is 14.0. The fourth-order valence-corrected chi connectivity index (χ4v) is 2.33. The van der Waals surface area contributed by atoms with Crippen LogP contribution >= 0.6 is 24.0 Å². The van der Waals surface area contributed by atoms with Gasteiger partial charge in [-0.3, -0.25) is 9.89 Å². The minimum absolute atomic E-state index is 0. The lowest BCUT2D eigenvalue weighted by atomic mass is 10.3. The van der Waals surface area contributed by atoms with E-state index in [9.17, 15) is 0 Å². The van der Waals surface area contributed by atoms with Crippen molar-refractivity contribution in [1.82, 2.24) is 4.90 Å². The predicted molar refractivity (Wildman–Crippen MR) is 105 cm³/mol. The van der Waals surface area contributed by atoms with Crippen molar-refractivity contribution in [2.75, 3.05) is 51.8 Å². The lowest BCUT2D eigenvalue weighted by Gasteiger charge is -2.26. The van der Waals surface area contributed by atoms with Crippen LogP contribution in [0.15, 0.2) is 29.3 Å². The molecule has 1 saturated heterocycles. The number of aliphatic imine (C=N–C) groups is 1. The Labute approximate surface area is 155 Å². The number of hydrogen-bond acceptors (Lipinski definition) is 4. The Kier molecular flexibility index (Phi) is 9.97. The first-order valence-electron chi connectivity index (χ1n) is 7.79. The van der Waals surface area contributed by atoms with Crippen LogP contribution in [0, 0.1) is 0 Å². The van der Waals surface area contributed by atoms with Gasteiger partial charge in [0.25, 0.3) is 0 Å². The molecule has 6 nitrogen and oxygen atoms in total. The van der Waals surface area contributed by atoms with Crippen LogP contribution in [0.25, 0.3) is 0 Å². The average Bonchev–Trinajstić information content (AvgIpc) is 2.56. The van der Waals surface area contributed by atoms with Gasteiger partial charge in [0.05, 0.1) is 20.3 Å². The van der Waals surface area contributed by atoms with Gasteiger partial charge in [0.2, 0.25) is 0 Å². The molecule has 3 N–H and O–H groups in total. The summed E-state index contributed by atoms with van der Waals surface area (Å²) in [6, 6.07) is 7.61. The van der Waals surface area contributed by atoms with E-state index in [4.69, 9.17) is 15.2 Å². The largest absolute Gasteiger partial charge is 0.497 e. The van der Waals surface area contributed by atoms with Crippen molar-refractivity contribution in [1.29, 1.82) is 0 Å². The first-order chi connectivity index (χ1) is 10.8. The topological polar surface area (TPSA) is 72.1 Å². The van der Waals surface area contributed by atoms with Crippen LogP contribution in [0.5, 0.6) is 5.75 Å². The maximum Gasteiger partial charge on any atom is 0.193 e. The number of rotatable bonds is 7. The van der Waals surface area contributed by atoms with E-state index in [1.54, 1.807) is 7.11 Å². The number of unbranched alkanes of at least 4 members (excludes halogenated alkanes) is 1. The third-order valence-electron chi connectivity index (χ3n) is 3.63. The summed E-state index contributed by atoms with van der Waals surface area (Å²) in [5, 5.41) is 3.08. The van der Waals surface area contributed by atoms with E-state index >= 15 is 0 Å². The highest BCUT2D eigenvalue weighted by Crippen LogP contribution is 2.14. The van der Waals surface area contributed by atoms with E-state index in [2.05, 4.69) is 15.2 Å². The Bertz CT molecular complexity index is 462. The van der Waals surface area contributed by atoms with Crippen molar-refractivity contribution < 1.29 is 9.47 Å². The number of halogens is 1. The smallest absolute Gasteiger partial charge is 0.193 e. The molecule has 0 aliphatic carbocycles. The van der Waals surface area contributed by atoms with E-state index in [1.807, 2.05) is 24.3 Å². The van der Waals surface area contributed by atoms with E-state index in [1.165, 1.54) is 0 Å². The summed E-state index contributed by atoms with van der Waals surface area (Å²) >= 11 is 0. The Hall–Kier alpha value is -1.06. The number of nitrogens with one attached hydrogen (secondary N) is 1. The molecule has 0 spiro atoms. The molecule has 23 heavy (non-hydrogen) atoms. The zero-order valence-electron chi connectivity index (χ0n) is 13.7. The highest BCUT2D eigenvalue weighted by atomic mass is 127. The van der Waals surface area contributed by atoms with Crippen molar-refractivity contribution in [3.63, 3.8) is 0 Å². The van der Waals surface area contributed by atoms with Crippen molar-refractivity contribution in [2.24, 2.45) is 10.7 Å². The molecule has 1 aromatic carbocycles. The Balaban J connectivity index is 0.00000264. The SMILES string of the molecule is COc1ccc(NC(N)=NCCCCN2CCOCC2)cc1.I. The fourth-order valence-electron chi connectivity index (χ4n) is 2.33. The molecule has 1 fully saturated rings. The fraction of sp³-hybridized carbons (Fsp3) is 0.562. The molecule has 0 bridgehead atoms. The minimum atomic E-state index is 0. The second kappa shape index (κ2) is 11.5. The molecule has 1 aromatic rings. The Morgan fingerprint density at radius 1 is 1.26 bits per heavy atom. The van der Waals surface area contributed by atoms with Crippen LogP contribution < -0.4 is 15.8 Å². The molecule has 1 heterocycles. The maximum absolute atomic E-state index is 5.88. The molecule has 0 amide bonds. The van der Waals surface area contributed by atoms with Gasteiger partial charge in [-0.05, 0) is 43.7 Å². The standard InChI is InChI=1S/C16H26N4O2.HI/c1-21-15-6-4-14(5-7-15)19-16(17)18-8-2-3-9-20-10-12-22-13-11-20;/h4-7H,2-3,8-13H2,1H3,(H3,17,18,19);1H. The van der Waals surface area contributed by atoms with Crippen LogP contribution in [-0.4, -0.2) is 57.4 Å². The van der Waals surface area contributed by atoms with Gasteiger partial charge in [0.1, 0.15) is 5.75 Å². The van der Waals surface area contributed by atoms with E-state index in [0.717, 1.165) is 63.7 Å². The van der Waals surface area contributed by atoms with Gasteiger partial charge in [0.15, 0.2) is 5.96 Å². The summed E-state index contributed by atoms with van der Waals surface area (Å²) in [7, 11) is 1.65. The van der Waals surface area contributed by atoms with Crippen molar-refractivity contribution in [3.05, 3.63) is 24.3 Å². The molecule has 0 unspecified atom stereocenters. The van der Waals surface area contributed by atoms with Gasteiger partial charge < -0.3 is 20.5 Å². The van der Waals surface area contributed by atoms with E-state index in [0.29, 0.717) is 5.96 Å². The van der Waals surface area contributed by atoms with E-state index in [-0.39, 0.29) is 24.0 Å². The predicted octanol–water partition coefficient (Wildman–Crippen LogP) is 2.15. The summed E-state index contributed by atoms with van der Waals surface area (Å²) in [6.45, 7) is 5.67. The second-order valence-corrected chi connectivity index (χ2v) is 5.28. The molecule has 7 heteroatoms. The number of methoxy groups -OCH3 is 1. The molecular weight excluding hydrogens is 407 g/mol. The lowest BCUT2D eigenvalue weighted by Crippen LogP contribution is -2.36. The van der Waals surface area contributed by atoms with Crippen molar-refractivity contribution in [2.45, 2.75) is 12.8 Å². The zero-order chi connectivity index (χ0) is 15.6. The third-order valence-corrected chi connectivity index (χ3v) is 3.63. The maximum atomic E-state index is 5.88. The van der Waals surface area contributed by atoms with Crippen LogP contribution in [0.4, 0.5) is 5.69 Å². The Morgan fingerprint density at radius 2 is 1.96 bits per heavy atom. The first-order valence-corrected chi connectivity index (χ1v) is 7.79. The van der Waals surface area contributed by atoms with Crippen LogP contribution in [0.3, 0.4) is 0 Å². The van der Waals surface area contributed by atoms with Gasteiger partial charge in [-0.2, -0.15) is 0 Å². The summed E-state index contributed by atoms with van der Waals surface area (Å²) in [6.07, 6.45) is 2.18. The lowest BCUT2D eigenvalue weighted by molar-refractivity contribution is 0.0373. The van der Waals surface area contributed by atoms with E-state index < -0.39 is 0 Å². The van der Waals surface area contributed by atoms with Crippen molar-refractivity contribution in [3.8, 4) is 5.75 Å². The molecule has 0 saturated carbocycles. The number of benzene rings is 1. The molecule has 0 atom stereocenters. The van der Waals surface area contributed by atoms with Crippen molar-refractivity contribution >= 4 is 35.6 Å². The Morgan fingerprint density at radius 3 is 2.61 bits per heavy atom. The van der Waals surface area contributed by atoms with Crippen LogP contribution in [-0.2, 0) is 4.74 Å². The first kappa shape index (κ1) is 20.0. The molecule has 1 aliphatic heterocycles. The third kappa shape index (κ3) is 7.85. The monoisotopic (exact) mass is 434 g/mol. The average molecular weight is 434 g/mol. The van der Waals surface area contributed by atoms with Gasteiger partial charge in [0, 0.05) is 25.3 Å². The number of morpholine rings is 1. The number of anilines is 1. The summed E-state index contributed by atoms with van der Waals surface area (Å²) in [4.78, 5) is 6.79. The minimum Gasteiger partial charge on any atom is -0.497 e. The van der Waals surface area contributed by atoms with Gasteiger partial charge in [-0.15, -0.1) is 24.0 Å². The number of hydrogen-bond donors (Lipinski definition) is 2. The number of nitrogens with zero attached hydrogens (tertiary/aromatic N) is 2. The van der Waals surface area contributed by atoms with Gasteiger partial charge in [-0.25, -0.2) is 0 Å². The number of nitrogens with two attached hydrogens (primary N) is 1. The van der Waals surface area contributed by atoms with Gasteiger partial charge in [-0.1, -0.05) is 0 Å². The molecule has 0 aromatic heterocycles. The highest BCUT2D eigenvalue weighted by Gasteiger charge is 2.08.